The summed E-state index contributed by atoms with van der Waals surface area (Å²) in [6, 6.07) is 13.6. The van der Waals surface area contributed by atoms with E-state index >= 15 is 0 Å². The van der Waals surface area contributed by atoms with Gasteiger partial charge in [-0.2, -0.15) is 0 Å². The molecule has 0 unspecified atom stereocenters. The Morgan fingerprint density at radius 1 is 1.03 bits per heavy atom. The number of carbonyl (C=O) groups is 1. The molecule has 0 radical (unpaired) electrons. The van der Waals surface area contributed by atoms with E-state index in [-0.39, 0.29) is 11.6 Å². The van der Waals surface area contributed by atoms with Crippen LogP contribution in [-0.2, 0) is 11.2 Å². The molecule has 1 aliphatic carbocycles. The first-order valence-electron chi connectivity index (χ1n) is 10.3. The molecule has 2 heterocycles. The number of fused-ring (bicyclic) bond motifs is 1. The first kappa shape index (κ1) is 18.7. The predicted octanol–water partition coefficient (Wildman–Crippen LogP) is 4.31. The number of benzene rings is 2. The van der Waals surface area contributed by atoms with Crippen molar-refractivity contribution in [3.8, 4) is 11.5 Å². The number of para-hydroxylation sites is 1. The van der Waals surface area contributed by atoms with Gasteiger partial charge in [-0.25, -0.2) is 0 Å². The fraction of sp³-hybridized carbons (Fsp3) is 0.333. The van der Waals surface area contributed by atoms with E-state index in [4.69, 9.17) is 14.9 Å². The number of methoxy groups -OCH3 is 2. The lowest BCUT2D eigenvalue weighted by molar-refractivity contribution is -0.118. The van der Waals surface area contributed by atoms with Gasteiger partial charge in [0.2, 0.25) is 0 Å². The number of ether oxygens (including phenoxy) is 2. The molecule has 0 atom stereocenters. The summed E-state index contributed by atoms with van der Waals surface area (Å²) < 4.78 is 10.9. The lowest BCUT2D eigenvalue weighted by Crippen LogP contribution is -2.47. The van der Waals surface area contributed by atoms with E-state index in [2.05, 4.69) is 11.4 Å². The Morgan fingerprint density at radius 3 is 2.33 bits per heavy atom. The van der Waals surface area contributed by atoms with Crippen LogP contribution >= 0.6 is 0 Å². The zero-order chi connectivity index (χ0) is 20.9. The molecule has 3 aliphatic rings. The molecule has 0 aromatic heterocycles. The molecule has 154 valence electrons. The SMILES string of the molecule is COc1cc(OC)cc(N2C(=N)C(=C3Cc4ccccc4N3)C(=O)C23CCCC3)c1. The van der Waals surface area contributed by atoms with E-state index in [1.807, 2.05) is 35.2 Å². The van der Waals surface area contributed by atoms with Gasteiger partial charge in [-0.1, -0.05) is 31.0 Å². The highest BCUT2D eigenvalue weighted by molar-refractivity contribution is 6.37. The van der Waals surface area contributed by atoms with Gasteiger partial charge in [0.05, 0.1) is 25.5 Å². The van der Waals surface area contributed by atoms with Gasteiger partial charge in [-0.05, 0) is 24.5 Å². The van der Waals surface area contributed by atoms with Gasteiger partial charge in [0.25, 0.3) is 0 Å². The van der Waals surface area contributed by atoms with Crippen LogP contribution in [0.1, 0.15) is 31.2 Å². The Bertz CT molecular complexity index is 1030. The quantitative estimate of drug-likeness (QED) is 0.747. The summed E-state index contributed by atoms with van der Waals surface area (Å²) >= 11 is 0. The minimum atomic E-state index is -0.701. The molecule has 1 saturated carbocycles. The van der Waals surface area contributed by atoms with Crippen molar-refractivity contribution in [3.63, 3.8) is 0 Å². The first-order valence-corrected chi connectivity index (χ1v) is 10.3. The zero-order valence-electron chi connectivity index (χ0n) is 17.2. The summed E-state index contributed by atoms with van der Waals surface area (Å²) in [5.74, 6) is 1.60. The van der Waals surface area contributed by atoms with Crippen LogP contribution in [-0.4, -0.2) is 31.4 Å². The number of nitrogens with zero attached hydrogens (tertiary/aromatic N) is 1. The van der Waals surface area contributed by atoms with Crippen LogP contribution in [0.4, 0.5) is 11.4 Å². The molecule has 2 aliphatic heterocycles. The standard InChI is InChI=1S/C24H25N3O3/c1-29-17-12-16(13-18(14-17)30-2)27-23(25)21(22(28)24(27)9-5-6-10-24)20-11-15-7-3-4-8-19(15)26-20/h3-4,7-8,12-14,25-26H,5-6,9-11H2,1-2H3. The third-order valence-corrected chi connectivity index (χ3v) is 6.54. The second kappa shape index (κ2) is 6.90. The highest BCUT2D eigenvalue weighted by Crippen LogP contribution is 2.48. The first-order chi connectivity index (χ1) is 14.6. The van der Waals surface area contributed by atoms with Gasteiger partial charge >= 0.3 is 0 Å². The third-order valence-electron chi connectivity index (χ3n) is 6.54. The lowest BCUT2D eigenvalue weighted by Gasteiger charge is -2.34. The Labute approximate surface area is 176 Å². The Kier molecular flexibility index (Phi) is 4.31. The van der Waals surface area contributed by atoms with Crippen molar-refractivity contribution in [2.24, 2.45) is 0 Å². The Balaban J connectivity index is 1.65. The van der Waals surface area contributed by atoms with E-state index in [1.54, 1.807) is 20.3 Å². The molecule has 0 bridgehead atoms. The molecule has 1 saturated heterocycles. The summed E-state index contributed by atoms with van der Waals surface area (Å²) in [7, 11) is 3.22. The molecule has 5 rings (SSSR count). The van der Waals surface area contributed by atoms with Gasteiger partial charge < -0.3 is 19.7 Å². The van der Waals surface area contributed by atoms with Crippen molar-refractivity contribution in [3.05, 3.63) is 59.3 Å². The van der Waals surface area contributed by atoms with E-state index in [9.17, 15) is 4.79 Å². The average molecular weight is 403 g/mol. The van der Waals surface area contributed by atoms with Gasteiger partial charge in [-0.3, -0.25) is 10.2 Å². The number of Topliss-reactive ketones (excluding diaryl/α,β-unsaturated/α-hetero) is 1. The third kappa shape index (κ3) is 2.63. The largest absolute Gasteiger partial charge is 0.497 e. The van der Waals surface area contributed by atoms with Gasteiger partial charge in [0, 0.05) is 36.0 Å². The second-order valence-electron chi connectivity index (χ2n) is 8.14. The van der Waals surface area contributed by atoms with Gasteiger partial charge in [-0.15, -0.1) is 0 Å². The number of rotatable bonds is 3. The maximum atomic E-state index is 13.8. The maximum absolute atomic E-state index is 13.8. The summed E-state index contributed by atoms with van der Waals surface area (Å²) in [4.78, 5) is 15.7. The lowest BCUT2D eigenvalue weighted by atomic mass is 9.90. The number of ketones is 1. The van der Waals surface area contributed by atoms with Crippen LogP contribution in [0.15, 0.2) is 53.7 Å². The number of nitrogens with one attached hydrogen (secondary N) is 2. The normalized spacial score (nSPS) is 21.9. The van der Waals surface area contributed by atoms with E-state index in [0.717, 1.165) is 48.3 Å². The summed E-state index contributed by atoms with van der Waals surface area (Å²) in [6.07, 6.45) is 4.10. The number of hydrogen-bond acceptors (Lipinski definition) is 5. The summed E-state index contributed by atoms with van der Waals surface area (Å²) in [5.41, 5.74) is 3.57. The van der Waals surface area contributed by atoms with Gasteiger partial charge in [0.15, 0.2) is 5.78 Å². The van der Waals surface area contributed by atoms with Gasteiger partial charge in [0.1, 0.15) is 22.9 Å². The molecule has 2 N–H and O–H groups in total. The highest BCUT2D eigenvalue weighted by atomic mass is 16.5. The molecule has 2 aromatic rings. The van der Waals surface area contributed by atoms with Crippen molar-refractivity contribution < 1.29 is 14.3 Å². The van der Waals surface area contributed by atoms with Crippen molar-refractivity contribution in [1.82, 2.24) is 0 Å². The molecular formula is C24H25N3O3. The van der Waals surface area contributed by atoms with Crippen LogP contribution < -0.4 is 19.7 Å². The van der Waals surface area contributed by atoms with Crippen LogP contribution in [0.25, 0.3) is 0 Å². The number of anilines is 2. The van der Waals surface area contributed by atoms with E-state index in [0.29, 0.717) is 23.5 Å². The van der Waals surface area contributed by atoms with E-state index in [1.165, 1.54) is 0 Å². The summed E-state index contributed by atoms with van der Waals surface area (Å²) in [5, 5.41) is 12.5. The smallest absolute Gasteiger partial charge is 0.194 e. The molecule has 2 fully saturated rings. The van der Waals surface area contributed by atoms with Crippen molar-refractivity contribution >= 4 is 23.0 Å². The fourth-order valence-corrected chi connectivity index (χ4v) is 5.10. The summed E-state index contributed by atoms with van der Waals surface area (Å²) in [6.45, 7) is 0. The molecule has 2 aromatic carbocycles. The topological polar surface area (TPSA) is 74.7 Å². The number of allylic oxidation sites excluding steroid dienone is 1. The number of carbonyl (C=O) groups excluding carboxylic acids is 1. The van der Waals surface area contributed by atoms with Crippen LogP contribution in [0.3, 0.4) is 0 Å². The maximum Gasteiger partial charge on any atom is 0.194 e. The monoisotopic (exact) mass is 403 g/mol. The highest BCUT2D eigenvalue weighted by Gasteiger charge is 2.56. The fourth-order valence-electron chi connectivity index (χ4n) is 5.10. The molecule has 1 spiro atoms. The molecule has 6 heteroatoms. The van der Waals surface area contributed by atoms with Crippen LogP contribution in [0.5, 0.6) is 11.5 Å². The van der Waals surface area contributed by atoms with Crippen molar-refractivity contribution in [1.29, 1.82) is 5.41 Å². The van der Waals surface area contributed by atoms with Crippen LogP contribution in [0, 0.1) is 5.41 Å². The Hall–Kier alpha value is -3.28. The minimum Gasteiger partial charge on any atom is -0.497 e. The predicted molar refractivity (Wildman–Crippen MR) is 117 cm³/mol. The molecule has 6 nitrogen and oxygen atoms in total. The Morgan fingerprint density at radius 2 is 1.70 bits per heavy atom. The molecular weight excluding hydrogens is 378 g/mol. The van der Waals surface area contributed by atoms with Crippen molar-refractivity contribution in [2.75, 3.05) is 24.4 Å². The number of amidine groups is 1. The molecule has 30 heavy (non-hydrogen) atoms. The zero-order valence-corrected chi connectivity index (χ0v) is 17.2. The van der Waals surface area contributed by atoms with Crippen molar-refractivity contribution in [2.45, 2.75) is 37.6 Å². The average Bonchev–Trinajstić information content (AvgIpc) is 3.45. The van der Waals surface area contributed by atoms with E-state index < -0.39 is 5.54 Å². The molecule has 0 amide bonds. The second-order valence-corrected chi connectivity index (χ2v) is 8.14. The van der Waals surface area contributed by atoms with Crippen LogP contribution in [0.2, 0.25) is 0 Å². The minimum absolute atomic E-state index is 0.0575. The number of hydrogen-bond donors (Lipinski definition) is 2.